The quantitative estimate of drug-likeness (QED) is 0.514. The minimum Gasteiger partial charge on any atom is -0.495 e. The van der Waals surface area contributed by atoms with Gasteiger partial charge in [0.2, 0.25) is 10.0 Å². The molecule has 0 radical (unpaired) electrons. The predicted molar refractivity (Wildman–Crippen MR) is 126 cm³/mol. The molecule has 3 aromatic rings. The highest BCUT2D eigenvalue weighted by molar-refractivity contribution is 7.89. The Morgan fingerprint density at radius 2 is 1.79 bits per heavy atom. The summed E-state index contributed by atoms with van der Waals surface area (Å²) in [6, 6.07) is 8.55. The van der Waals surface area contributed by atoms with Gasteiger partial charge in [-0.1, -0.05) is 13.8 Å². The number of rotatable bonds is 8. The van der Waals surface area contributed by atoms with Gasteiger partial charge in [-0.15, -0.1) is 0 Å². The number of H-pyrrole nitrogens is 1. The van der Waals surface area contributed by atoms with Crippen LogP contribution in [0.2, 0.25) is 0 Å². The van der Waals surface area contributed by atoms with E-state index in [1.54, 1.807) is 20.8 Å². The lowest BCUT2D eigenvalue weighted by molar-refractivity contribution is 0.102. The smallest absolute Gasteiger partial charge is 0.328 e. The first kappa shape index (κ1) is 24.2. The van der Waals surface area contributed by atoms with Gasteiger partial charge in [0.15, 0.2) is 0 Å². The Bertz CT molecular complexity index is 1420. The van der Waals surface area contributed by atoms with Crippen LogP contribution in [0.25, 0.3) is 10.9 Å². The summed E-state index contributed by atoms with van der Waals surface area (Å²) in [5.74, 6) is -0.282. The number of nitrogens with one attached hydrogen (secondary N) is 2. The molecule has 0 saturated carbocycles. The Hall–Kier alpha value is -3.44. The second kappa shape index (κ2) is 9.59. The second-order valence-corrected chi connectivity index (χ2v) is 9.08. The first-order chi connectivity index (χ1) is 15.7. The Balaban J connectivity index is 2.01. The lowest BCUT2D eigenvalue weighted by Crippen LogP contribution is -2.34. The molecule has 33 heavy (non-hydrogen) atoms. The zero-order chi connectivity index (χ0) is 24.3. The average molecular weight is 475 g/mol. The number of carbonyl (C=O) groups is 1. The lowest BCUT2D eigenvalue weighted by atomic mass is 10.1. The highest BCUT2D eigenvalue weighted by Gasteiger charge is 2.23. The van der Waals surface area contributed by atoms with E-state index >= 15 is 0 Å². The molecule has 0 aliphatic heterocycles. The molecular formula is C22H26N4O6S. The van der Waals surface area contributed by atoms with Crippen LogP contribution in [-0.4, -0.2) is 48.4 Å². The van der Waals surface area contributed by atoms with Crippen LogP contribution in [-0.2, 0) is 16.6 Å². The van der Waals surface area contributed by atoms with Crippen molar-refractivity contribution in [1.29, 1.82) is 0 Å². The maximum Gasteiger partial charge on any atom is 0.328 e. The van der Waals surface area contributed by atoms with E-state index in [2.05, 4.69) is 10.3 Å². The minimum absolute atomic E-state index is 0.0188. The molecule has 11 heteroatoms. The van der Waals surface area contributed by atoms with Gasteiger partial charge in [0.05, 0.1) is 28.6 Å². The third-order valence-electron chi connectivity index (χ3n) is 5.32. The summed E-state index contributed by atoms with van der Waals surface area (Å²) in [5, 5.41) is 2.94. The van der Waals surface area contributed by atoms with Crippen LogP contribution in [0.15, 0.2) is 50.9 Å². The van der Waals surface area contributed by atoms with Gasteiger partial charge in [-0.3, -0.25) is 14.2 Å². The topological polar surface area (TPSA) is 131 Å². The Labute approximate surface area is 190 Å². The number of benzene rings is 2. The first-order valence-corrected chi connectivity index (χ1v) is 11.9. The molecule has 1 amide bonds. The number of aromatic nitrogens is 2. The third kappa shape index (κ3) is 4.55. The number of carbonyl (C=O) groups excluding carboxylic acids is 1. The van der Waals surface area contributed by atoms with Gasteiger partial charge in [-0.05, 0) is 43.3 Å². The minimum atomic E-state index is -3.74. The molecule has 3 rings (SSSR count). The van der Waals surface area contributed by atoms with E-state index in [0.29, 0.717) is 13.1 Å². The fourth-order valence-corrected chi connectivity index (χ4v) is 5.02. The van der Waals surface area contributed by atoms with Crippen molar-refractivity contribution in [1.82, 2.24) is 13.9 Å². The van der Waals surface area contributed by atoms with Crippen LogP contribution < -0.4 is 21.3 Å². The van der Waals surface area contributed by atoms with Gasteiger partial charge in [0, 0.05) is 25.2 Å². The molecule has 2 aromatic carbocycles. The van der Waals surface area contributed by atoms with Crippen LogP contribution in [0.4, 0.5) is 5.69 Å². The molecule has 1 heterocycles. The highest BCUT2D eigenvalue weighted by atomic mass is 32.2. The van der Waals surface area contributed by atoms with E-state index < -0.39 is 27.2 Å². The van der Waals surface area contributed by atoms with E-state index in [0.717, 1.165) is 4.57 Å². The van der Waals surface area contributed by atoms with Crippen LogP contribution in [0, 0.1) is 0 Å². The molecule has 0 spiro atoms. The molecule has 176 valence electrons. The maximum atomic E-state index is 12.9. The normalized spacial score (nSPS) is 11.7. The van der Waals surface area contributed by atoms with Crippen molar-refractivity contribution in [2.24, 2.45) is 0 Å². The fourth-order valence-electron chi connectivity index (χ4n) is 3.54. The zero-order valence-corrected chi connectivity index (χ0v) is 19.7. The molecule has 1 aromatic heterocycles. The number of sulfonamides is 1. The number of methoxy groups -OCH3 is 1. The summed E-state index contributed by atoms with van der Waals surface area (Å²) in [6.07, 6.45) is 0. The van der Waals surface area contributed by atoms with Gasteiger partial charge < -0.3 is 15.0 Å². The van der Waals surface area contributed by atoms with Crippen molar-refractivity contribution in [3.63, 3.8) is 0 Å². The largest absolute Gasteiger partial charge is 0.495 e. The molecule has 0 saturated heterocycles. The van der Waals surface area contributed by atoms with Crippen molar-refractivity contribution in [3.05, 3.63) is 62.8 Å². The van der Waals surface area contributed by atoms with E-state index in [9.17, 15) is 22.8 Å². The summed E-state index contributed by atoms with van der Waals surface area (Å²) in [4.78, 5) is 40.1. The Morgan fingerprint density at radius 3 is 2.39 bits per heavy atom. The summed E-state index contributed by atoms with van der Waals surface area (Å²) in [7, 11) is -2.34. The molecular weight excluding hydrogens is 448 g/mol. The monoisotopic (exact) mass is 474 g/mol. The highest BCUT2D eigenvalue weighted by Crippen LogP contribution is 2.29. The van der Waals surface area contributed by atoms with Gasteiger partial charge in [-0.25, -0.2) is 13.2 Å². The number of fused-ring (bicyclic) bond motifs is 1. The molecule has 0 unspecified atom stereocenters. The average Bonchev–Trinajstić information content (AvgIpc) is 2.79. The molecule has 0 aliphatic carbocycles. The standard InChI is InChI=1S/C22H26N4O6S/c1-5-25(6-2)33(30,31)15-9-11-19(32-4)18(13-15)23-20(27)14-8-10-16-17(12-14)24-22(29)26(7-3)21(16)28/h8-13H,5-7H2,1-4H3,(H,23,27)(H,24,29). The number of nitrogens with zero attached hydrogens (tertiary/aromatic N) is 2. The second-order valence-electron chi connectivity index (χ2n) is 7.15. The summed E-state index contributed by atoms with van der Waals surface area (Å²) in [5.41, 5.74) is -0.438. The molecule has 0 atom stereocenters. The van der Waals surface area contributed by atoms with E-state index in [1.807, 2.05) is 0 Å². The molecule has 0 bridgehead atoms. The Kier molecular flexibility index (Phi) is 7.04. The van der Waals surface area contributed by atoms with Crippen molar-refractivity contribution in [3.8, 4) is 5.75 Å². The van der Waals surface area contributed by atoms with Crippen molar-refractivity contribution in [2.75, 3.05) is 25.5 Å². The molecule has 10 nitrogen and oxygen atoms in total. The van der Waals surface area contributed by atoms with Crippen molar-refractivity contribution < 1.29 is 17.9 Å². The predicted octanol–water partition coefficient (Wildman–Crippen LogP) is 2.00. The summed E-state index contributed by atoms with van der Waals surface area (Å²) < 4.78 is 33.4. The molecule has 0 fully saturated rings. The van der Waals surface area contributed by atoms with E-state index in [1.165, 1.54) is 47.8 Å². The van der Waals surface area contributed by atoms with Crippen LogP contribution in [0.5, 0.6) is 5.75 Å². The fraction of sp³-hybridized carbons (Fsp3) is 0.318. The van der Waals surface area contributed by atoms with E-state index in [-0.39, 0.29) is 39.3 Å². The lowest BCUT2D eigenvalue weighted by Gasteiger charge is -2.19. The zero-order valence-electron chi connectivity index (χ0n) is 18.8. The summed E-state index contributed by atoms with van der Waals surface area (Å²) in [6.45, 7) is 6.01. The molecule has 2 N–H and O–H groups in total. The number of aromatic amines is 1. The van der Waals surface area contributed by atoms with E-state index in [4.69, 9.17) is 4.74 Å². The SMILES string of the molecule is CCN(CC)S(=O)(=O)c1ccc(OC)c(NC(=O)c2ccc3c(=O)n(CC)c(=O)[nH]c3c2)c1. The van der Waals surface area contributed by atoms with Gasteiger partial charge in [0.1, 0.15) is 5.75 Å². The van der Waals surface area contributed by atoms with Crippen LogP contribution in [0.1, 0.15) is 31.1 Å². The van der Waals surface area contributed by atoms with Crippen molar-refractivity contribution >= 4 is 32.5 Å². The third-order valence-corrected chi connectivity index (χ3v) is 7.37. The van der Waals surface area contributed by atoms with Gasteiger partial charge in [0.25, 0.3) is 11.5 Å². The van der Waals surface area contributed by atoms with Crippen LogP contribution >= 0.6 is 0 Å². The summed E-state index contributed by atoms with van der Waals surface area (Å²) >= 11 is 0. The van der Waals surface area contributed by atoms with Crippen molar-refractivity contribution in [2.45, 2.75) is 32.2 Å². The maximum absolute atomic E-state index is 12.9. The number of hydrogen-bond acceptors (Lipinski definition) is 6. The number of amides is 1. The molecule has 0 aliphatic rings. The van der Waals surface area contributed by atoms with Crippen LogP contribution in [0.3, 0.4) is 0 Å². The Morgan fingerprint density at radius 1 is 1.09 bits per heavy atom. The number of hydrogen-bond donors (Lipinski definition) is 2. The van der Waals surface area contributed by atoms with Gasteiger partial charge >= 0.3 is 5.69 Å². The number of anilines is 1. The number of ether oxygens (including phenoxy) is 1. The van der Waals surface area contributed by atoms with Gasteiger partial charge in [-0.2, -0.15) is 4.31 Å². The first-order valence-electron chi connectivity index (χ1n) is 10.4.